The Bertz CT molecular complexity index is 908. The molecule has 0 aromatic heterocycles. The molecule has 0 saturated heterocycles. The maximum atomic E-state index is 4.59. The molecule has 0 aliphatic carbocycles. The molecule has 0 aromatic carbocycles. The molecule has 0 fully saturated rings. The zero-order chi connectivity index (χ0) is 20.8. The molecule has 0 aromatic rings. The van der Waals surface area contributed by atoms with E-state index in [1.165, 1.54) is 24.3 Å². The van der Waals surface area contributed by atoms with Crippen molar-refractivity contribution >= 4 is 22.8 Å². The molecule has 0 radical (unpaired) electrons. The van der Waals surface area contributed by atoms with Gasteiger partial charge in [-0.15, -0.1) is 0 Å². The number of nitrogens with zero attached hydrogens (tertiary/aromatic N) is 4. The van der Waals surface area contributed by atoms with Crippen molar-refractivity contribution in [2.24, 2.45) is 20.0 Å². The van der Waals surface area contributed by atoms with Crippen LogP contribution in [0.4, 0.5) is 0 Å². The Hall–Kier alpha value is -2.78. The predicted molar refractivity (Wildman–Crippen MR) is 123 cm³/mol. The SMILES string of the molecule is C1=CC2=NC1=CC1=NC(=CC3=NC(=CC4=NC(=C2)C=C4)C=C3)C=C1.CCCC[CH2][Ru]. The Morgan fingerprint density at radius 1 is 0.533 bits per heavy atom. The van der Waals surface area contributed by atoms with E-state index >= 15 is 0 Å². The predicted octanol–water partition coefficient (Wildman–Crippen LogP) is 5.72. The fourth-order valence-electron chi connectivity index (χ4n) is 3.17. The van der Waals surface area contributed by atoms with Gasteiger partial charge in [-0.1, -0.05) is 0 Å². The number of fused-ring (bicyclic) bond motifs is 4. The van der Waals surface area contributed by atoms with E-state index in [4.69, 9.17) is 0 Å². The summed E-state index contributed by atoms with van der Waals surface area (Å²) < 4.78 is 0. The van der Waals surface area contributed by atoms with Crippen LogP contribution in [0.1, 0.15) is 26.2 Å². The van der Waals surface area contributed by atoms with E-state index in [0.29, 0.717) is 0 Å². The van der Waals surface area contributed by atoms with Crippen molar-refractivity contribution in [2.75, 3.05) is 0 Å². The van der Waals surface area contributed by atoms with Crippen molar-refractivity contribution in [3.05, 3.63) is 95.7 Å². The van der Waals surface area contributed by atoms with Crippen molar-refractivity contribution in [2.45, 2.75) is 31.2 Å². The molecule has 4 nitrogen and oxygen atoms in total. The first-order valence-corrected chi connectivity index (χ1v) is 11.4. The molecule has 0 saturated carbocycles. The molecular weight excluding hydrogens is 457 g/mol. The van der Waals surface area contributed by atoms with E-state index in [1.807, 2.05) is 72.9 Å². The zero-order valence-electron chi connectivity index (χ0n) is 16.9. The van der Waals surface area contributed by atoms with Crippen LogP contribution in [0, 0.1) is 0 Å². The molecule has 5 aliphatic heterocycles. The fourth-order valence-corrected chi connectivity index (χ4v) is 3.60. The second kappa shape index (κ2) is 9.82. The van der Waals surface area contributed by atoms with Gasteiger partial charge in [0.05, 0.1) is 45.6 Å². The first-order valence-electron chi connectivity index (χ1n) is 10.2. The van der Waals surface area contributed by atoms with Gasteiger partial charge in [0.15, 0.2) is 0 Å². The summed E-state index contributed by atoms with van der Waals surface area (Å²) in [7, 11) is 0. The van der Waals surface area contributed by atoms with Crippen LogP contribution in [0.2, 0.25) is 5.02 Å². The minimum atomic E-state index is 0.894. The average Bonchev–Trinajstić information content (AvgIpc) is 3.52. The Morgan fingerprint density at radius 2 is 0.867 bits per heavy atom. The number of unbranched alkanes of at least 4 members (excludes halogenated alkanes) is 2. The fraction of sp³-hybridized carbons (Fsp3) is 0.200. The van der Waals surface area contributed by atoms with Gasteiger partial charge in [0, 0.05) is 0 Å². The van der Waals surface area contributed by atoms with Crippen LogP contribution in [-0.4, -0.2) is 22.8 Å². The quantitative estimate of drug-likeness (QED) is 0.367. The third kappa shape index (κ3) is 5.43. The molecule has 0 N–H and O–H groups in total. The van der Waals surface area contributed by atoms with Gasteiger partial charge in [0.1, 0.15) is 0 Å². The van der Waals surface area contributed by atoms with Gasteiger partial charge < -0.3 is 0 Å². The second-order valence-corrected chi connectivity index (χ2v) is 8.01. The molecule has 0 spiro atoms. The summed E-state index contributed by atoms with van der Waals surface area (Å²) in [5, 5.41) is 1.28. The van der Waals surface area contributed by atoms with Crippen LogP contribution in [0.3, 0.4) is 0 Å². The van der Waals surface area contributed by atoms with Crippen LogP contribution >= 0.6 is 0 Å². The topological polar surface area (TPSA) is 49.4 Å². The number of rotatable bonds is 3. The van der Waals surface area contributed by atoms with Crippen LogP contribution in [0.25, 0.3) is 0 Å². The standard InChI is InChI=1S/C20H12N4.C5H11.Ru/c1-2-14-10-16-5-6-18(23-16)12-20-8-7-19(24-20)11-17-4-3-15(22-17)9-13(1)21-14;1-3-5-4-2;/h1-12H;1,3-5H2,2H3;. The van der Waals surface area contributed by atoms with Crippen LogP contribution in [0.5, 0.6) is 0 Å². The van der Waals surface area contributed by atoms with Gasteiger partial charge in [-0.3, -0.25) is 0 Å². The maximum absolute atomic E-state index is 4.59. The monoisotopic (exact) mass is 481 g/mol. The first kappa shape index (κ1) is 20.5. The third-order valence-electron chi connectivity index (χ3n) is 4.64. The Morgan fingerprint density at radius 3 is 1.10 bits per heavy atom. The number of allylic oxidation sites excluding steroid dienone is 12. The van der Waals surface area contributed by atoms with Crippen molar-refractivity contribution < 1.29 is 18.3 Å². The summed E-state index contributed by atoms with van der Waals surface area (Å²) in [6.07, 6.45) is 27.9. The Labute approximate surface area is 187 Å². The molecule has 5 rings (SSSR count). The van der Waals surface area contributed by atoms with Crippen molar-refractivity contribution in [3.8, 4) is 0 Å². The van der Waals surface area contributed by atoms with Crippen LogP contribution < -0.4 is 0 Å². The van der Waals surface area contributed by atoms with Crippen LogP contribution in [0.15, 0.2) is 116 Å². The molecule has 5 heterocycles. The molecule has 5 heteroatoms. The van der Waals surface area contributed by atoms with Crippen molar-refractivity contribution in [3.63, 3.8) is 0 Å². The molecule has 0 unspecified atom stereocenters. The normalized spacial score (nSPS) is 19.9. The average molecular weight is 481 g/mol. The molecule has 8 bridgehead atoms. The third-order valence-corrected chi connectivity index (χ3v) is 5.26. The van der Waals surface area contributed by atoms with E-state index < -0.39 is 0 Å². The summed E-state index contributed by atoms with van der Waals surface area (Å²) in [5.41, 5.74) is 7.15. The van der Waals surface area contributed by atoms with Crippen molar-refractivity contribution in [1.29, 1.82) is 0 Å². The first-order chi connectivity index (χ1) is 14.7. The van der Waals surface area contributed by atoms with E-state index in [0.717, 1.165) is 45.6 Å². The Kier molecular flexibility index (Phi) is 6.71. The van der Waals surface area contributed by atoms with Gasteiger partial charge in [-0.25, -0.2) is 20.0 Å². The number of aliphatic imine (C=N–C) groups is 4. The summed E-state index contributed by atoms with van der Waals surface area (Å²) in [5.74, 6) is 0. The molecular formula is C25H23N4Ru. The molecule has 151 valence electrons. The summed E-state index contributed by atoms with van der Waals surface area (Å²) in [6, 6.07) is 0. The number of hydrogen-bond acceptors (Lipinski definition) is 4. The van der Waals surface area contributed by atoms with Gasteiger partial charge in [0.25, 0.3) is 0 Å². The van der Waals surface area contributed by atoms with Crippen LogP contribution in [-0.2, 0) is 18.3 Å². The molecule has 0 atom stereocenters. The molecule has 0 amide bonds. The van der Waals surface area contributed by atoms with Crippen molar-refractivity contribution in [1.82, 2.24) is 0 Å². The van der Waals surface area contributed by atoms with E-state index in [9.17, 15) is 0 Å². The summed E-state index contributed by atoms with van der Waals surface area (Å²) in [4.78, 5) is 18.4. The van der Waals surface area contributed by atoms with Gasteiger partial charge in [-0.2, -0.15) is 0 Å². The molecule has 30 heavy (non-hydrogen) atoms. The van der Waals surface area contributed by atoms with E-state index in [2.05, 4.69) is 45.2 Å². The summed E-state index contributed by atoms with van der Waals surface area (Å²) in [6.45, 7) is 2.22. The minimum absolute atomic E-state index is 0.894. The van der Waals surface area contributed by atoms with Gasteiger partial charge in [0.2, 0.25) is 0 Å². The second-order valence-electron chi connectivity index (χ2n) is 7.14. The van der Waals surface area contributed by atoms with E-state index in [1.54, 1.807) is 0 Å². The van der Waals surface area contributed by atoms with Gasteiger partial charge >= 0.3 is 49.5 Å². The number of hydrogen-bond donors (Lipinski definition) is 0. The van der Waals surface area contributed by atoms with E-state index in [-0.39, 0.29) is 0 Å². The zero-order valence-corrected chi connectivity index (χ0v) is 18.6. The van der Waals surface area contributed by atoms with Gasteiger partial charge in [-0.05, 0) is 72.9 Å². The summed E-state index contributed by atoms with van der Waals surface area (Å²) >= 11 is 2.65. The molecule has 5 aliphatic rings. The Balaban J connectivity index is 0.000000322.